The fourth-order valence-electron chi connectivity index (χ4n) is 1.63. The molecule has 0 spiro atoms. The van der Waals surface area contributed by atoms with Crippen molar-refractivity contribution in [1.82, 2.24) is 0 Å². The summed E-state index contributed by atoms with van der Waals surface area (Å²) in [5.41, 5.74) is 0. The van der Waals surface area contributed by atoms with E-state index in [9.17, 15) is 13.2 Å². The molecular weight excluding hydrogens is 409 g/mol. The van der Waals surface area contributed by atoms with Gasteiger partial charge in [-0.1, -0.05) is 0 Å². The van der Waals surface area contributed by atoms with Crippen LogP contribution in [0.4, 0.5) is 13.2 Å². The Bertz CT molecular complexity index is 814. The van der Waals surface area contributed by atoms with Crippen LogP contribution in [0, 0.1) is 0 Å². The molecule has 0 unspecified atom stereocenters. The van der Waals surface area contributed by atoms with Gasteiger partial charge in [0.25, 0.3) is 0 Å². The van der Waals surface area contributed by atoms with E-state index in [1.165, 1.54) is 6.26 Å². The third-order valence-corrected chi connectivity index (χ3v) is 2.91. The summed E-state index contributed by atoms with van der Waals surface area (Å²) in [5, 5.41) is 15.5. The lowest BCUT2D eigenvalue weighted by atomic mass is 10.3. The number of carboxylic acid groups (broad SMARTS) is 1. The van der Waals surface area contributed by atoms with Gasteiger partial charge in [0, 0.05) is 0 Å². The summed E-state index contributed by atoms with van der Waals surface area (Å²) in [6.45, 7) is -0.00694. The molecule has 0 atom stereocenters. The van der Waals surface area contributed by atoms with Gasteiger partial charge < -0.3 is 27.9 Å². The van der Waals surface area contributed by atoms with E-state index in [4.69, 9.17) is 28.3 Å². The van der Waals surface area contributed by atoms with E-state index in [0.29, 0.717) is 5.76 Å². The van der Waals surface area contributed by atoms with Crippen molar-refractivity contribution in [2.24, 2.45) is 0 Å². The highest BCUT2D eigenvalue weighted by Crippen LogP contribution is 2.13. The second kappa shape index (κ2) is 13.5. The molecule has 0 amide bonds. The van der Waals surface area contributed by atoms with E-state index in [0.717, 1.165) is 17.9 Å². The van der Waals surface area contributed by atoms with Crippen LogP contribution in [0.1, 0.15) is 17.3 Å². The Morgan fingerprint density at radius 2 is 1.17 bits per heavy atom. The zero-order valence-electron chi connectivity index (χ0n) is 15.5. The van der Waals surface area contributed by atoms with Crippen molar-refractivity contribution in [3.05, 3.63) is 97.1 Å². The minimum absolute atomic E-state index is 0.00694. The summed E-state index contributed by atoms with van der Waals surface area (Å²) in [6.07, 6.45) is 3.77. The quantitative estimate of drug-likeness (QED) is 0.464. The first-order valence-corrected chi connectivity index (χ1v) is 8.28. The lowest BCUT2D eigenvalue weighted by Gasteiger charge is -1.93. The molecule has 10 heteroatoms. The molecule has 0 aliphatic heterocycles. The highest BCUT2D eigenvalue weighted by molar-refractivity contribution is 5.73. The average molecular weight is 428 g/mol. The van der Waals surface area contributed by atoms with Crippen molar-refractivity contribution >= 4 is 5.97 Å². The fraction of sp³-hybridized carbons (Fsp3) is 0.150. The largest absolute Gasteiger partial charge is 0.490 e. The van der Waals surface area contributed by atoms with Crippen LogP contribution in [-0.2, 0) is 17.8 Å². The number of aliphatic hydroxyl groups is 1. The maximum absolute atomic E-state index is 10.6. The summed E-state index contributed by atoms with van der Waals surface area (Å²) in [4.78, 5) is 8.90. The lowest BCUT2D eigenvalue weighted by molar-refractivity contribution is -0.192. The summed E-state index contributed by atoms with van der Waals surface area (Å²) in [5.74, 6) is -0.285. The molecule has 4 heterocycles. The van der Waals surface area contributed by atoms with Crippen molar-refractivity contribution in [2.45, 2.75) is 19.2 Å². The number of hydrogen-bond acceptors (Lipinski definition) is 6. The highest BCUT2D eigenvalue weighted by atomic mass is 19.4. The summed E-state index contributed by atoms with van der Waals surface area (Å²) < 4.78 is 51.3. The number of halogens is 3. The van der Waals surface area contributed by atoms with Gasteiger partial charge in [0.15, 0.2) is 0 Å². The number of alkyl halides is 3. The molecular formula is C20H19F3O7. The molecule has 0 saturated carbocycles. The molecule has 4 aromatic heterocycles. The van der Waals surface area contributed by atoms with E-state index in [-0.39, 0.29) is 6.61 Å². The summed E-state index contributed by atoms with van der Waals surface area (Å²) in [7, 11) is 0. The Kier molecular flexibility index (Phi) is 11.0. The van der Waals surface area contributed by atoms with Gasteiger partial charge in [0.1, 0.15) is 23.9 Å². The molecule has 0 bridgehead atoms. The predicted octanol–water partition coefficient (Wildman–Crippen LogP) is 5.15. The molecule has 4 aromatic rings. The average Bonchev–Trinajstić information content (AvgIpc) is 3.53. The maximum Gasteiger partial charge on any atom is 0.490 e. The zero-order chi connectivity index (χ0) is 22.2. The van der Waals surface area contributed by atoms with Crippen molar-refractivity contribution in [3.63, 3.8) is 0 Å². The fourth-order valence-corrected chi connectivity index (χ4v) is 1.63. The monoisotopic (exact) mass is 428 g/mol. The molecule has 0 saturated heterocycles. The van der Waals surface area contributed by atoms with Crippen LogP contribution in [-0.4, -0.2) is 22.4 Å². The third-order valence-electron chi connectivity index (χ3n) is 2.91. The van der Waals surface area contributed by atoms with E-state index in [1.54, 1.807) is 37.2 Å². The van der Waals surface area contributed by atoms with Crippen molar-refractivity contribution in [3.8, 4) is 0 Å². The predicted molar refractivity (Wildman–Crippen MR) is 97.3 cm³/mol. The molecule has 0 aromatic carbocycles. The van der Waals surface area contributed by atoms with E-state index >= 15 is 0 Å². The minimum Gasteiger partial charge on any atom is -0.475 e. The van der Waals surface area contributed by atoms with Crippen molar-refractivity contribution in [1.29, 1.82) is 0 Å². The number of aliphatic hydroxyl groups excluding tert-OH is 1. The SMILES string of the molecule is O=C(O)C(F)(F)F.OCc1ccco1.c1ccoc1.c1coc(Cc2ccco2)c1. The zero-order valence-corrected chi connectivity index (χ0v) is 15.5. The molecule has 7 nitrogen and oxygen atoms in total. The Balaban J connectivity index is 0.000000210. The summed E-state index contributed by atoms with van der Waals surface area (Å²) in [6, 6.07) is 14.7. The molecule has 162 valence electrons. The normalized spacial score (nSPS) is 9.87. The van der Waals surface area contributed by atoms with Gasteiger partial charge in [0.2, 0.25) is 0 Å². The van der Waals surface area contributed by atoms with Gasteiger partial charge in [-0.2, -0.15) is 13.2 Å². The van der Waals surface area contributed by atoms with E-state index in [1.807, 2.05) is 36.4 Å². The molecule has 2 N–H and O–H groups in total. The van der Waals surface area contributed by atoms with Crippen molar-refractivity contribution < 1.29 is 45.8 Å². The van der Waals surface area contributed by atoms with Gasteiger partial charge in [-0.25, -0.2) is 4.79 Å². The van der Waals surface area contributed by atoms with E-state index < -0.39 is 12.1 Å². The van der Waals surface area contributed by atoms with Crippen LogP contribution in [0.25, 0.3) is 0 Å². The molecule has 0 aliphatic carbocycles. The first-order chi connectivity index (χ1) is 14.3. The minimum atomic E-state index is -5.08. The van der Waals surface area contributed by atoms with Crippen LogP contribution in [0.5, 0.6) is 0 Å². The second-order valence-corrected chi connectivity index (χ2v) is 5.17. The van der Waals surface area contributed by atoms with Crippen LogP contribution < -0.4 is 0 Å². The van der Waals surface area contributed by atoms with Gasteiger partial charge in [-0.15, -0.1) is 0 Å². The Morgan fingerprint density at radius 1 is 0.767 bits per heavy atom. The van der Waals surface area contributed by atoms with Gasteiger partial charge in [-0.3, -0.25) is 0 Å². The second-order valence-electron chi connectivity index (χ2n) is 5.17. The molecule has 30 heavy (non-hydrogen) atoms. The van der Waals surface area contributed by atoms with Crippen LogP contribution >= 0.6 is 0 Å². The third kappa shape index (κ3) is 11.2. The van der Waals surface area contributed by atoms with Crippen molar-refractivity contribution in [2.75, 3.05) is 0 Å². The van der Waals surface area contributed by atoms with Crippen LogP contribution in [0.3, 0.4) is 0 Å². The molecule has 0 radical (unpaired) electrons. The first kappa shape index (κ1) is 24.4. The number of carbonyl (C=O) groups is 1. The Hall–Kier alpha value is -3.66. The standard InChI is InChI=1S/C9H8O2.C5H6O2.C4H4O.C2HF3O2/c1-3-8(10-5-1)7-9-4-2-6-11-9;6-4-5-2-1-3-7-5;1-2-4-5-3-1;3-2(4,5)1(6)7/h1-6H,7H2;1-3,6H,4H2;1-4H;(H,6,7). The number of carboxylic acids is 1. The van der Waals surface area contributed by atoms with Crippen LogP contribution in [0.2, 0.25) is 0 Å². The van der Waals surface area contributed by atoms with Crippen LogP contribution in [0.15, 0.2) is 97.5 Å². The topological polar surface area (TPSA) is 110 Å². The molecule has 4 rings (SSSR count). The van der Waals surface area contributed by atoms with Gasteiger partial charge in [-0.05, 0) is 48.5 Å². The number of rotatable bonds is 3. The maximum atomic E-state index is 10.6. The first-order valence-electron chi connectivity index (χ1n) is 8.28. The molecule has 0 aliphatic rings. The van der Waals surface area contributed by atoms with Gasteiger partial charge >= 0.3 is 12.1 Å². The summed E-state index contributed by atoms with van der Waals surface area (Å²) >= 11 is 0. The Labute approximate surface area is 169 Å². The smallest absolute Gasteiger partial charge is 0.475 e. The Morgan fingerprint density at radius 3 is 1.37 bits per heavy atom. The van der Waals surface area contributed by atoms with Gasteiger partial charge in [0.05, 0.1) is 37.7 Å². The van der Waals surface area contributed by atoms with E-state index in [2.05, 4.69) is 4.42 Å². The highest BCUT2D eigenvalue weighted by Gasteiger charge is 2.38. The number of aliphatic carboxylic acids is 1. The lowest BCUT2D eigenvalue weighted by Crippen LogP contribution is -2.21. The number of hydrogen-bond donors (Lipinski definition) is 2. The number of furan rings is 4. The molecule has 0 fully saturated rings.